The van der Waals surface area contributed by atoms with Crippen LogP contribution < -0.4 is 5.69 Å². The Kier molecular flexibility index (Phi) is 2.29. The van der Waals surface area contributed by atoms with Gasteiger partial charge in [-0.1, -0.05) is 0 Å². The lowest BCUT2D eigenvalue weighted by atomic mass is 10.2. The zero-order chi connectivity index (χ0) is 11.7. The zero-order valence-electron chi connectivity index (χ0n) is 8.38. The van der Waals surface area contributed by atoms with E-state index in [1.165, 1.54) is 24.0 Å². The first-order valence-corrected chi connectivity index (χ1v) is 4.44. The summed E-state index contributed by atoms with van der Waals surface area (Å²) in [5, 5.41) is 12.6. The molecule has 0 bridgehead atoms. The van der Waals surface area contributed by atoms with Crippen molar-refractivity contribution in [2.75, 3.05) is 0 Å². The molecule has 0 N–H and O–H groups in total. The van der Waals surface area contributed by atoms with Gasteiger partial charge >= 0.3 is 5.69 Å². The van der Waals surface area contributed by atoms with Crippen LogP contribution in [0.15, 0.2) is 29.3 Å². The molecule has 0 spiro atoms. The minimum atomic E-state index is -0.522. The molecule has 0 radical (unpaired) electrons. The van der Waals surface area contributed by atoms with Crippen LogP contribution >= 0.6 is 0 Å². The van der Waals surface area contributed by atoms with E-state index < -0.39 is 11.5 Å². The summed E-state index contributed by atoms with van der Waals surface area (Å²) < 4.78 is 15.3. The zero-order valence-corrected chi connectivity index (χ0v) is 8.38. The molecule has 1 aromatic carbocycles. The first kappa shape index (κ1) is 10.1. The fraction of sp³-hybridized carbons (Fsp3) is 0.100. The van der Waals surface area contributed by atoms with Crippen molar-refractivity contribution in [3.63, 3.8) is 0 Å². The molecule has 0 aliphatic heterocycles. The number of hydrogen-bond acceptors (Lipinski definition) is 3. The molecule has 6 heteroatoms. The van der Waals surface area contributed by atoms with Crippen molar-refractivity contribution < 1.29 is 4.39 Å². The van der Waals surface area contributed by atoms with Gasteiger partial charge in [-0.2, -0.15) is 15.0 Å². The van der Waals surface area contributed by atoms with Gasteiger partial charge in [0.15, 0.2) is 0 Å². The summed E-state index contributed by atoms with van der Waals surface area (Å²) in [6, 6.07) is 5.46. The Morgan fingerprint density at radius 2 is 2.25 bits per heavy atom. The molecule has 0 aliphatic carbocycles. The molecule has 0 amide bonds. The molecule has 5 nitrogen and oxygen atoms in total. The second-order valence-electron chi connectivity index (χ2n) is 3.21. The molecule has 0 saturated heterocycles. The minimum Gasteiger partial charge on any atom is -0.284 e. The average molecular weight is 218 g/mol. The highest BCUT2D eigenvalue weighted by Gasteiger charge is 2.10. The Balaban J connectivity index is 2.74. The topological polar surface area (TPSA) is 63.6 Å². The maximum Gasteiger partial charge on any atom is 0.350 e. The van der Waals surface area contributed by atoms with Gasteiger partial charge in [0, 0.05) is 13.1 Å². The molecular formula is C10H7FN4O. The number of nitrogens with zero attached hydrogens (tertiary/aromatic N) is 4. The van der Waals surface area contributed by atoms with E-state index in [-0.39, 0.29) is 11.3 Å². The molecular weight excluding hydrogens is 211 g/mol. The Hall–Kier alpha value is -2.42. The van der Waals surface area contributed by atoms with Gasteiger partial charge in [-0.05, 0) is 12.1 Å². The van der Waals surface area contributed by atoms with Crippen molar-refractivity contribution in [2.24, 2.45) is 7.05 Å². The Morgan fingerprint density at radius 1 is 1.50 bits per heavy atom. The Bertz CT molecular complexity index is 635. The van der Waals surface area contributed by atoms with Crippen LogP contribution in [0.1, 0.15) is 5.56 Å². The molecule has 1 heterocycles. The SMILES string of the molecule is Cn1cnn(-c2cc(F)ccc2C#N)c1=O. The fourth-order valence-electron chi connectivity index (χ4n) is 1.32. The molecule has 80 valence electrons. The van der Waals surface area contributed by atoms with Gasteiger partial charge in [0.05, 0.1) is 11.3 Å². The van der Waals surface area contributed by atoms with Crippen molar-refractivity contribution in [3.8, 4) is 11.8 Å². The van der Waals surface area contributed by atoms with E-state index in [9.17, 15) is 9.18 Å². The lowest BCUT2D eigenvalue weighted by Crippen LogP contribution is -2.22. The smallest absolute Gasteiger partial charge is 0.284 e. The third-order valence-corrected chi connectivity index (χ3v) is 2.13. The summed E-state index contributed by atoms with van der Waals surface area (Å²) >= 11 is 0. The predicted octanol–water partition coefficient (Wildman–Crippen LogP) is 0.582. The van der Waals surface area contributed by atoms with Crippen molar-refractivity contribution in [1.29, 1.82) is 5.26 Å². The molecule has 2 aromatic rings. The monoisotopic (exact) mass is 218 g/mol. The van der Waals surface area contributed by atoms with Crippen LogP contribution in [0.5, 0.6) is 0 Å². The van der Waals surface area contributed by atoms with E-state index in [0.29, 0.717) is 0 Å². The van der Waals surface area contributed by atoms with Crippen LogP contribution in [0, 0.1) is 17.1 Å². The summed E-state index contributed by atoms with van der Waals surface area (Å²) in [5.41, 5.74) is -0.0857. The van der Waals surface area contributed by atoms with Crippen molar-refractivity contribution in [2.45, 2.75) is 0 Å². The van der Waals surface area contributed by atoms with E-state index >= 15 is 0 Å². The predicted molar refractivity (Wildman–Crippen MR) is 53.5 cm³/mol. The maximum absolute atomic E-state index is 13.0. The highest BCUT2D eigenvalue weighted by Crippen LogP contribution is 2.12. The van der Waals surface area contributed by atoms with E-state index in [2.05, 4.69) is 5.10 Å². The molecule has 0 saturated carbocycles. The largest absolute Gasteiger partial charge is 0.350 e. The summed E-state index contributed by atoms with van der Waals surface area (Å²) in [5.74, 6) is -0.522. The van der Waals surface area contributed by atoms with E-state index in [4.69, 9.17) is 5.26 Å². The number of rotatable bonds is 1. The third-order valence-electron chi connectivity index (χ3n) is 2.13. The summed E-state index contributed by atoms with van der Waals surface area (Å²) in [6.45, 7) is 0. The quantitative estimate of drug-likeness (QED) is 0.703. The molecule has 0 unspecified atom stereocenters. The van der Waals surface area contributed by atoms with E-state index in [1.807, 2.05) is 6.07 Å². The first-order chi connectivity index (χ1) is 7.63. The van der Waals surface area contributed by atoms with Crippen LogP contribution in [0.4, 0.5) is 4.39 Å². The van der Waals surface area contributed by atoms with Crippen LogP contribution in [0.2, 0.25) is 0 Å². The molecule has 0 fully saturated rings. The van der Waals surface area contributed by atoms with Gasteiger partial charge in [-0.25, -0.2) is 9.18 Å². The van der Waals surface area contributed by atoms with Gasteiger partial charge in [-0.3, -0.25) is 4.57 Å². The third kappa shape index (κ3) is 1.48. The number of aryl methyl sites for hydroxylation is 1. The fourth-order valence-corrected chi connectivity index (χ4v) is 1.32. The number of benzene rings is 1. The van der Waals surface area contributed by atoms with Crippen LogP contribution in [-0.2, 0) is 7.05 Å². The summed E-state index contributed by atoms with van der Waals surface area (Å²) in [4.78, 5) is 11.6. The van der Waals surface area contributed by atoms with Gasteiger partial charge in [0.1, 0.15) is 18.2 Å². The molecule has 0 aliphatic rings. The van der Waals surface area contributed by atoms with Crippen LogP contribution in [0.25, 0.3) is 5.69 Å². The lowest BCUT2D eigenvalue weighted by molar-refractivity contribution is 0.624. The highest BCUT2D eigenvalue weighted by molar-refractivity contribution is 5.48. The highest BCUT2D eigenvalue weighted by atomic mass is 19.1. The second-order valence-corrected chi connectivity index (χ2v) is 3.21. The maximum atomic E-state index is 13.0. The Labute approximate surface area is 90.0 Å². The van der Waals surface area contributed by atoms with E-state index in [0.717, 1.165) is 16.8 Å². The van der Waals surface area contributed by atoms with Crippen molar-refractivity contribution >= 4 is 0 Å². The van der Waals surface area contributed by atoms with Gasteiger partial charge in [0.25, 0.3) is 0 Å². The van der Waals surface area contributed by atoms with Crippen molar-refractivity contribution in [3.05, 3.63) is 46.4 Å². The number of halogens is 1. The number of hydrogen-bond donors (Lipinski definition) is 0. The normalized spacial score (nSPS) is 10.1. The molecule has 0 atom stereocenters. The Morgan fingerprint density at radius 3 is 2.81 bits per heavy atom. The van der Waals surface area contributed by atoms with Gasteiger partial charge in [-0.15, -0.1) is 0 Å². The minimum absolute atomic E-state index is 0.146. The number of aromatic nitrogens is 3. The summed E-state index contributed by atoms with van der Waals surface area (Å²) in [7, 11) is 1.52. The first-order valence-electron chi connectivity index (χ1n) is 4.44. The van der Waals surface area contributed by atoms with E-state index in [1.54, 1.807) is 0 Å². The van der Waals surface area contributed by atoms with Crippen molar-refractivity contribution in [1.82, 2.24) is 14.3 Å². The van der Waals surface area contributed by atoms with Gasteiger partial charge in [0.2, 0.25) is 0 Å². The molecule has 16 heavy (non-hydrogen) atoms. The molecule has 1 aromatic heterocycles. The molecule has 2 rings (SSSR count). The number of nitriles is 1. The van der Waals surface area contributed by atoms with Crippen LogP contribution in [0.3, 0.4) is 0 Å². The van der Waals surface area contributed by atoms with Crippen LogP contribution in [-0.4, -0.2) is 14.3 Å². The van der Waals surface area contributed by atoms with Gasteiger partial charge < -0.3 is 0 Å². The lowest BCUT2D eigenvalue weighted by Gasteiger charge is -2.01. The average Bonchev–Trinajstić information content (AvgIpc) is 2.60. The second kappa shape index (κ2) is 3.62. The standard InChI is InChI=1S/C10H7FN4O/c1-14-6-13-15(10(14)16)9-4-8(11)3-2-7(9)5-12/h2-4,6H,1H3. The summed E-state index contributed by atoms with van der Waals surface area (Å²) in [6.07, 6.45) is 1.30.